The van der Waals surface area contributed by atoms with Crippen LogP contribution in [0.15, 0.2) is 36.5 Å². The lowest BCUT2D eigenvalue weighted by Crippen LogP contribution is -1.99. The molecule has 2 rings (SSSR count). The van der Waals surface area contributed by atoms with Gasteiger partial charge in [-0.1, -0.05) is 23.2 Å². The molecular formula is C12H7Cl2NO2. The zero-order valence-corrected chi connectivity index (χ0v) is 10.0. The number of carboxylic acids is 1. The molecule has 17 heavy (non-hydrogen) atoms. The van der Waals surface area contributed by atoms with E-state index in [1.165, 1.54) is 12.3 Å². The van der Waals surface area contributed by atoms with Crippen molar-refractivity contribution in [3.05, 3.63) is 52.3 Å². The van der Waals surface area contributed by atoms with Gasteiger partial charge in [-0.05, 0) is 41.5 Å². The molecule has 0 spiro atoms. The van der Waals surface area contributed by atoms with Crippen molar-refractivity contribution in [1.29, 1.82) is 0 Å². The average Bonchev–Trinajstić information content (AvgIpc) is 2.28. The largest absolute Gasteiger partial charge is 0.477 e. The molecule has 0 saturated heterocycles. The summed E-state index contributed by atoms with van der Waals surface area (Å²) in [4.78, 5) is 14.5. The lowest BCUT2D eigenvalue weighted by Gasteiger charge is -2.04. The molecule has 0 atom stereocenters. The molecule has 0 aliphatic heterocycles. The Hall–Kier alpha value is -1.58. The monoisotopic (exact) mass is 267 g/mol. The van der Waals surface area contributed by atoms with Crippen molar-refractivity contribution in [3.8, 4) is 11.1 Å². The highest BCUT2D eigenvalue weighted by Crippen LogP contribution is 2.27. The summed E-state index contributed by atoms with van der Waals surface area (Å²) in [7, 11) is 0. The molecule has 1 aromatic heterocycles. The Bertz CT molecular complexity index is 564. The zero-order valence-electron chi connectivity index (χ0n) is 8.52. The third-order valence-corrected chi connectivity index (χ3v) is 2.61. The number of hydrogen-bond donors (Lipinski definition) is 1. The third-order valence-electron chi connectivity index (χ3n) is 2.17. The van der Waals surface area contributed by atoms with E-state index in [1.54, 1.807) is 24.3 Å². The Kier molecular flexibility index (Phi) is 3.31. The number of rotatable bonds is 2. The fourth-order valence-corrected chi connectivity index (χ4v) is 1.97. The predicted molar refractivity (Wildman–Crippen MR) is 66.7 cm³/mol. The summed E-state index contributed by atoms with van der Waals surface area (Å²) in [5, 5.41) is 9.85. The van der Waals surface area contributed by atoms with Crippen molar-refractivity contribution in [3.63, 3.8) is 0 Å². The van der Waals surface area contributed by atoms with Gasteiger partial charge >= 0.3 is 5.97 Å². The number of aromatic carboxylic acids is 1. The van der Waals surface area contributed by atoms with Crippen LogP contribution in [0.5, 0.6) is 0 Å². The van der Waals surface area contributed by atoms with Gasteiger partial charge in [-0.15, -0.1) is 0 Å². The maximum Gasteiger partial charge on any atom is 0.354 e. The van der Waals surface area contributed by atoms with Crippen molar-refractivity contribution in [1.82, 2.24) is 4.98 Å². The van der Waals surface area contributed by atoms with Gasteiger partial charge in [0.1, 0.15) is 5.69 Å². The van der Waals surface area contributed by atoms with E-state index in [2.05, 4.69) is 4.98 Å². The second-order valence-corrected chi connectivity index (χ2v) is 4.27. The van der Waals surface area contributed by atoms with Crippen molar-refractivity contribution in [2.24, 2.45) is 0 Å². The van der Waals surface area contributed by atoms with Gasteiger partial charge in [0, 0.05) is 16.2 Å². The Morgan fingerprint density at radius 1 is 1.06 bits per heavy atom. The smallest absolute Gasteiger partial charge is 0.354 e. The van der Waals surface area contributed by atoms with Gasteiger partial charge in [0.15, 0.2) is 0 Å². The Balaban J connectivity index is 2.52. The Morgan fingerprint density at radius 2 is 1.71 bits per heavy atom. The minimum atomic E-state index is -1.07. The molecule has 3 nitrogen and oxygen atoms in total. The first-order valence-corrected chi connectivity index (χ1v) is 5.47. The number of carbonyl (C=O) groups is 1. The maximum absolute atomic E-state index is 10.8. The number of halogens is 2. The van der Waals surface area contributed by atoms with Crippen molar-refractivity contribution in [2.45, 2.75) is 0 Å². The number of carboxylic acid groups (broad SMARTS) is 1. The molecule has 0 fully saturated rings. The molecule has 5 heteroatoms. The molecule has 1 N–H and O–H groups in total. The van der Waals surface area contributed by atoms with E-state index in [-0.39, 0.29) is 5.69 Å². The van der Waals surface area contributed by atoms with Crippen molar-refractivity contribution < 1.29 is 9.90 Å². The molecule has 1 heterocycles. The van der Waals surface area contributed by atoms with Gasteiger partial charge in [-0.25, -0.2) is 9.78 Å². The van der Waals surface area contributed by atoms with E-state index in [9.17, 15) is 4.79 Å². The molecule has 2 aromatic rings. The summed E-state index contributed by atoms with van der Waals surface area (Å²) < 4.78 is 0. The summed E-state index contributed by atoms with van der Waals surface area (Å²) in [6, 6.07) is 8.23. The van der Waals surface area contributed by atoms with Crippen LogP contribution in [0.1, 0.15) is 10.5 Å². The summed E-state index contributed by atoms with van der Waals surface area (Å²) >= 11 is 11.8. The van der Waals surface area contributed by atoms with E-state index in [1.807, 2.05) is 0 Å². The summed E-state index contributed by atoms with van der Waals surface area (Å²) in [5.74, 6) is -1.07. The molecule has 0 unspecified atom stereocenters. The van der Waals surface area contributed by atoms with Crippen molar-refractivity contribution >= 4 is 29.2 Å². The number of hydrogen-bond acceptors (Lipinski definition) is 2. The van der Waals surface area contributed by atoms with Crippen LogP contribution in [-0.4, -0.2) is 16.1 Å². The van der Waals surface area contributed by atoms with Crippen LogP contribution in [0.2, 0.25) is 10.0 Å². The first kappa shape index (κ1) is 11.9. The van der Waals surface area contributed by atoms with Crippen LogP contribution in [0.3, 0.4) is 0 Å². The topological polar surface area (TPSA) is 50.2 Å². The van der Waals surface area contributed by atoms with E-state index >= 15 is 0 Å². The number of pyridine rings is 1. The highest BCUT2D eigenvalue weighted by atomic mass is 35.5. The molecule has 0 radical (unpaired) electrons. The van der Waals surface area contributed by atoms with E-state index in [0.717, 1.165) is 5.56 Å². The zero-order chi connectivity index (χ0) is 12.4. The standard InChI is InChI=1S/C12H7Cl2NO2/c13-9-3-8(4-10(14)6-9)7-1-2-15-11(5-7)12(16)17/h1-6H,(H,16,17). The van der Waals surface area contributed by atoms with Gasteiger partial charge in [-0.3, -0.25) is 0 Å². The van der Waals surface area contributed by atoms with Crippen LogP contribution >= 0.6 is 23.2 Å². The molecule has 1 aromatic carbocycles. The van der Waals surface area contributed by atoms with Gasteiger partial charge < -0.3 is 5.11 Å². The van der Waals surface area contributed by atoms with Gasteiger partial charge in [0.25, 0.3) is 0 Å². The fourth-order valence-electron chi connectivity index (χ4n) is 1.45. The highest BCUT2D eigenvalue weighted by Gasteiger charge is 2.07. The summed E-state index contributed by atoms with van der Waals surface area (Å²) in [6.07, 6.45) is 1.44. The first-order valence-electron chi connectivity index (χ1n) is 4.72. The van der Waals surface area contributed by atoms with Gasteiger partial charge in [-0.2, -0.15) is 0 Å². The predicted octanol–water partition coefficient (Wildman–Crippen LogP) is 3.75. The van der Waals surface area contributed by atoms with Gasteiger partial charge in [0.05, 0.1) is 0 Å². The SMILES string of the molecule is O=C(O)c1cc(-c2cc(Cl)cc(Cl)c2)ccn1. The fraction of sp³-hybridized carbons (Fsp3) is 0. The molecule has 0 bridgehead atoms. The normalized spacial score (nSPS) is 10.2. The van der Waals surface area contributed by atoms with Crippen molar-refractivity contribution in [2.75, 3.05) is 0 Å². The quantitative estimate of drug-likeness (QED) is 0.902. The lowest BCUT2D eigenvalue weighted by molar-refractivity contribution is 0.0690. The van der Waals surface area contributed by atoms with E-state index in [0.29, 0.717) is 15.6 Å². The van der Waals surface area contributed by atoms with Crippen LogP contribution in [0.4, 0.5) is 0 Å². The van der Waals surface area contributed by atoms with Crippen LogP contribution < -0.4 is 0 Å². The maximum atomic E-state index is 10.8. The second kappa shape index (κ2) is 4.73. The van der Waals surface area contributed by atoms with E-state index in [4.69, 9.17) is 28.3 Å². The minimum Gasteiger partial charge on any atom is -0.477 e. The second-order valence-electron chi connectivity index (χ2n) is 3.39. The third kappa shape index (κ3) is 2.75. The lowest BCUT2D eigenvalue weighted by atomic mass is 10.1. The molecule has 0 amide bonds. The Morgan fingerprint density at radius 3 is 2.29 bits per heavy atom. The van der Waals surface area contributed by atoms with E-state index < -0.39 is 5.97 Å². The molecule has 0 saturated carbocycles. The molecule has 0 aliphatic rings. The molecule has 0 aliphatic carbocycles. The number of benzene rings is 1. The average molecular weight is 268 g/mol. The van der Waals surface area contributed by atoms with Gasteiger partial charge in [0.2, 0.25) is 0 Å². The van der Waals surface area contributed by atoms with Crippen LogP contribution in [-0.2, 0) is 0 Å². The first-order chi connectivity index (χ1) is 8.06. The summed E-state index contributed by atoms with van der Waals surface area (Å²) in [6.45, 7) is 0. The highest BCUT2D eigenvalue weighted by molar-refractivity contribution is 6.35. The Labute approximate surface area is 108 Å². The summed E-state index contributed by atoms with van der Waals surface area (Å²) in [5.41, 5.74) is 1.45. The van der Waals surface area contributed by atoms with Crippen LogP contribution in [0, 0.1) is 0 Å². The molecular weight excluding hydrogens is 261 g/mol. The molecule has 86 valence electrons. The van der Waals surface area contributed by atoms with Crippen LogP contribution in [0.25, 0.3) is 11.1 Å². The number of nitrogens with zero attached hydrogens (tertiary/aromatic N) is 1. The minimum absolute atomic E-state index is 0.0152. The number of aromatic nitrogens is 1.